The Morgan fingerprint density at radius 3 is 2.77 bits per heavy atom. The van der Waals surface area contributed by atoms with Crippen molar-refractivity contribution >= 4 is 18.1 Å². The highest BCUT2D eigenvalue weighted by atomic mass is 16.4. The molecule has 0 aliphatic carbocycles. The summed E-state index contributed by atoms with van der Waals surface area (Å²) in [6.45, 7) is -0.630. The van der Waals surface area contributed by atoms with Crippen LogP contribution in [-0.2, 0) is 9.59 Å². The standard InChI is InChI=1S/C6H9N3O4/c7-3-6(13)8-4(11)5(12)9(6)1-2-10/h2,13H,1,3,7H2,(H,8,11)/p+1. The fourth-order valence-corrected chi connectivity index (χ4v) is 1.08. The third kappa shape index (κ3) is 1.38. The molecule has 0 aromatic heterocycles. The van der Waals surface area contributed by atoms with E-state index in [9.17, 15) is 14.7 Å². The first-order valence-electron chi connectivity index (χ1n) is 3.57. The Morgan fingerprint density at radius 2 is 2.31 bits per heavy atom. The van der Waals surface area contributed by atoms with E-state index >= 15 is 0 Å². The zero-order chi connectivity index (χ0) is 10.1. The van der Waals surface area contributed by atoms with Crippen molar-refractivity contribution in [1.29, 1.82) is 0 Å². The van der Waals surface area contributed by atoms with E-state index in [1.165, 1.54) is 0 Å². The Hall–Kier alpha value is -1.47. The van der Waals surface area contributed by atoms with Gasteiger partial charge in [-0.05, 0) is 0 Å². The maximum absolute atomic E-state index is 10.9. The lowest BCUT2D eigenvalue weighted by atomic mass is 10.4. The fraction of sp³-hybridized carbons (Fsp3) is 0.500. The average molecular weight is 188 g/mol. The van der Waals surface area contributed by atoms with Crippen LogP contribution in [0.2, 0.25) is 0 Å². The molecule has 72 valence electrons. The molecule has 7 nitrogen and oxygen atoms in total. The third-order valence-electron chi connectivity index (χ3n) is 1.76. The Morgan fingerprint density at radius 1 is 1.69 bits per heavy atom. The maximum atomic E-state index is 10.9. The van der Waals surface area contributed by atoms with Crippen molar-refractivity contribution in [3.63, 3.8) is 0 Å². The molecule has 1 rings (SSSR count). The number of hydrogen-bond donors (Lipinski definition) is 4. The summed E-state index contributed by atoms with van der Waals surface area (Å²) in [4.78, 5) is 21.0. The number of aldehydes is 1. The minimum absolute atomic E-state index is 0.307. The van der Waals surface area contributed by atoms with Crippen molar-refractivity contribution < 1.29 is 24.4 Å². The van der Waals surface area contributed by atoms with Gasteiger partial charge in [0, 0.05) is 0 Å². The minimum Gasteiger partial charge on any atom is -0.456 e. The Labute approximate surface area is 73.5 Å². The first kappa shape index (κ1) is 9.62. The second-order valence-electron chi connectivity index (χ2n) is 2.58. The molecule has 0 radical (unpaired) electrons. The van der Waals surface area contributed by atoms with Crippen molar-refractivity contribution in [3.8, 4) is 0 Å². The first-order valence-corrected chi connectivity index (χ1v) is 3.57. The quantitative estimate of drug-likeness (QED) is 0.276. The van der Waals surface area contributed by atoms with Crippen LogP contribution < -0.4 is 11.1 Å². The van der Waals surface area contributed by atoms with E-state index in [2.05, 4.69) is 0 Å². The second-order valence-corrected chi connectivity index (χ2v) is 2.58. The van der Waals surface area contributed by atoms with Crippen molar-refractivity contribution in [1.82, 2.24) is 5.32 Å². The number of hydrogen-bond acceptors (Lipinski definition) is 4. The summed E-state index contributed by atoms with van der Waals surface area (Å²) < 4.78 is 0.794. The van der Waals surface area contributed by atoms with Crippen molar-refractivity contribution in [2.45, 2.75) is 5.85 Å². The lowest BCUT2D eigenvalue weighted by molar-refractivity contribution is -0.647. The SMILES string of the molecule is NCC1(O)NC(=O)C(O)=[N+]1CC=O. The highest BCUT2D eigenvalue weighted by Gasteiger charge is 2.51. The summed E-state index contributed by atoms with van der Waals surface area (Å²) in [5, 5.41) is 20.7. The fourth-order valence-electron chi connectivity index (χ4n) is 1.08. The number of nitrogens with two attached hydrogens (primary N) is 1. The van der Waals surface area contributed by atoms with Crippen LogP contribution in [0.15, 0.2) is 0 Å². The first-order chi connectivity index (χ1) is 6.05. The topological polar surface area (TPSA) is 116 Å². The van der Waals surface area contributed by atoms with Gasteiger partial charge >= 0.3 is 17.7 Å². The summed E-state index contributed by atoms with van der Waals surface area (Å²) >= 11 is 0. The van der Waals surface area contributed by atoms with Gasteiger partial charge in [-0.3, -0.25) is 14.9 Å². The molecule has 1 aliphatic rings. The van der Waals surface area contributed by atoms with Gasteiger partial charge in [0.25, 0.3) is 0 Å². The van der Waals surface area contributed by atoms with E-state index in [1.807, 2.05) is 5.32 Å². The van der Waals surface area contributed by atoms with Gasteiger partial charge in [0.05, 0.1) is 0 Å². The number of carbonyl (C=O) groups excluding carboxylic acids is 2. The number of aliphatic hydroxyl groups is 2. The highest BCUT2D eigenvalue weighted by Crippen LogP contribution is 2.06. The van der Waals surface area contributed by atoms with Crippen LogP contribution in [0.25, 0.3) is 0 Å². The molecule has 0 bridgehead atoms. The van der Waals surface area contributed by atoms with E-state index in [4.69, 9.17) is 10.8 Å². The second kappa shape index (κ2) is 3.11. The molecule has 0 fully saturated rings. The van der Waals surface area contributed by atoms with Crippen LogP contribution in [0.3, 0.4) is 0 Å². The predicted molar refractivity (Wildman–Crippen MR) is 41.0 cm³/mol. The van der Waals surface area contributed by atoms with Gasteiger partial charge in [0.1, 0.15) is 6.54 Å². The predicted octanol–water partition coefficient (Wildman–Crippen LogP) is -3.11. The Kier molecular flexibility index (Phi) is 2.30. The molecule has 0 aromatic carbocycles. The van der Waals surface area contributed by atoms with E-state index in [0.717, 1.165) is 4.58 Å². The molecular weight excluding hydrogens is 178 g/mol. The zero-order valence-corrected chi connectivity index (χ0v) is 6.73. The van der Waals surface area contributed by atoms with Gasteiger partial charge in [-0.25, -0.2) is 0 Å². The molecule has 1 amide bonds. The third-order valence-corrected chi connectivity index (χ3v) is 1.76. The summed E-state index contributed by atoms with van der Waals surface area (Å²) in [5.41, 5.74) is 5.17. The number of aliphatic hydroxyl groups excluding tert-OH is 1. The summed E-state index contributed by atoms with van der Waals surface area (Å²) in [7, 11) is 0. The molecule has 0 saturated carbocycles. The lowest BCUT2D eigenvalue weighted by Gasteiger charge is -2.15. The van der Waals surface area contributed by atoms with E-state index in [0.29, 0.717) is 6.29 Å². The van der Waals surface area contributed by atoms with Crippen molar-refractivity contribution in [2.24, 2.45) is 5.73 Å². The van der Waals surface area contributed by atoms with Crippen LogP contribution in [0, 0.1) is 0 Å². The minimum atomic E-state index is -1.86. The van der Waals surface area contributed by atoms with Gasteiger partial charge in [0.2, 0.25) is 6.54 Å². The van der Waals surface area contributed by atoms with Gasteiger partial charge in [-0.15, -0.1) is 4.58 Å². The van der Waals surface area contributed by atoms with Crippen LogP contribution in [0.5, 0.6) is 0 Å². The van der Waals surface area contributed by atoms with E-state index < -0.39 is 17.7 Å². The molecule has 1 aliphatic heterocycles. The molecule has 0 saturated heterocycles. The van der Waals surface area contributed by atoms with Crippen LogP contribution in [0.1, 0.15) is 0 Å². The molecule has 1 unspecified atom stereocenters. The van der Waals surface area contributed by atoms with Gasteiger partial charge in [-0.2, -0.15) is 0 Å². The molecule has 7 heteroatoms. The average Bonchev–Trinajstić information content (AvgIpc) is 2.31. The molecular formula is C6H10N3O4+. The molecule has 1 atom stereocenters. The monoisotopic (exact) mass is 188 g/mol. The lowest BCUT2D eigenvalue weighted by Crippen LogP contribution is -2.56. The number of rotatable bonds is 3. The van der Waals surface area contributed by atoms with Gasteiger partial charge in [-0.1, -0.05) is 0 Å². The van der Waals surface area contributed by atoms with E-state index in [1.54, 1.807) is 0 Å². The normalized spacial score (nSPS) is 27.7. The Bertz CT molecular complexity index is 288. The molecule has 0 spiro atoms. The van der Waals surface area contributed by atoms with Crippen molar-refractivity contribution in [3.05, 3.63) is 0 Å². The number of carbonyl (C=O) groups is 2. The highest BCUT2D eigenvalue weighted by molar-refractivity contribution is 6.33. The zero-order valence-electron chi connectivity index (χ0n) is 6.73. The largest absolute Gasteiger partial charge is 0.456 e. The van der Waals surface area contributed by atoms with Crippen LogP contribution in [0.4, 0.5) is 0 Å². The summed E-state index contributed by atoms with van der Waals surface area (Å²) in [6, 6.07) is 0. The van der Waals surface area contributed by atoms with E-state index in [-0.39, 0.29) is 13.1 Å². The van der Waals surface area contributed by atoms with Crippen LogP contribution in [-0.4, -0.2) is 51.8 Å². The molecule has 1 heterocycles. The van der Waals surface area contributed by atoms with Crippen molar-refractivity contribution in [2.75, 3.05) is 13.1 Å². The summed E-state index contributed by atoms with van der Waals surface area (Å²) in [6.07, 6.45) is 0.442. The maximum Gasteiger partial charge on any atom is 0.432 e. The number of nitrogens with one attached hydrogen (secondary N) is 1. The molecule has 13 heavy (non-hydrogen) atoms. The summed E-state index contributed by atoms with van der Waals surface area (Å²) in [5.74, 6) is -3.42. The van der Waals surface area contributed by atoms with Gasteiger partial charge in [0.15, 0.2) is 6.29 Å². The smallest absolute Gasteiger partial charge is 0.432 e. The number of amides is 1. The Balaban J connectivity index is 3.05. The number of nitrogens with zero attached hydrogens (tertiary/aromatic N) is 1. The molecule has 0 aromatic rings. The van der Waals surface area contributed by atoms with Crippen LogP contribution >= 0.6 is 0 Å². The van der Waals surface area contributed by atoms with Gasteiger partial charge < -0.3 is 15.9 Å². The molecule has 5 N–H and O–H groups in total.